The number of fused-ring (bicyclic) bond motifs is 1. The molecule has 1 aromatic heterocycles. The highest BCUT2D eigenvalue weighted by atomic mass is 35.5. The van der Waals surface area contributed by atoms with Crippen molar-refractivity contribution in [1.82, 2.24) is 10.3 Å². The quantitative estimate of drug-likeness (QED) is 0.856. The van der Waals surface area contributed by atoms with Crippen molar-refractivity contribution in [3.8, 4) is 0 Å². The monoisotopic (exact) mass is 311 g/mol. The number of carbonyl (C=O) groups excluding carboxylic acids is 1. The van der Waals surface area contributed by atoms with E-state index in [0.29, 0.717) is 18.0 Å². The minimum Gasteiger partial charge on any atom is -0.361 e. The van der Waals surface area contributed by atoms with Crippen LogP contribution in [0.5, 0.6) is 0 Å². The molecule has 2 N–H and O–H groups in total. The first-order valence-electron chi connectivity index (χ1n) is 6.68. The maximum Gasteiger partial charge on any atom is 0.221 e. The summed E-state index contributed by atoms with van der Waals surface area (Å²) in [5, 5.41) is 7.61. The molecule has 0 saturated carbocycles. The molecule has 20 heavy (non-hydrogen) atoms. The van der Waals surface area contributed by atoms with E-state index in [4.69, 9.17) is 11.6 Å². The molecule has 2 rings (SSSR count). The maximum absolute atomic E-state index is 11.6. The Labute approximate surface area is 127 Å². The largest absolute Gasteiger partial charge is 0.361 e. The second-order valence-electron chi connectivity index (χ2n) is 4.66. The van der Waals surface area contributed by atoms with Crippen LogP contribution in [0.15, 0.2) is 18.2 Å². The highest BCUT2D eigenvalue weighted by Crippen LogP contribution is 2.31. The number of thiazole rings is 1. The minimum atomic E-state index is 0.0611. The summed E-state index contributed by atoms with van der Waals surface area (Å²) in [4.78, 5) is 16.1. The van der Waals surface area contributed by atoms with Gasteiger partial charge >= 0.3 is 0 Å². The van der Waals surface area contributed by atoms with Crippen LogP contribution >= 0.6 is 22.9 Å². The zero-order valence-electron chi connectivity index (χ0n) is 11.6. The summed E-state index contributed by atoms with van der Waals surface area (Å²) in [6.45, 7) is 4.62. The standard InChI is InChI=1S/C14H18ClN3OS/c1-3-9(2)17-12(19)7-8-16-14-18-11-6-4-5-10(15)13(11)20-14/h4-6,9H,3,7-8H2,1-2H3,(H,16,18)(H,17,19). The van der Waals surface area contributed by atoms with Gasteiger partial charge in [-0.2, -0.15) is 0 Å². The molecule has 1 amide bonds. The smallest absolute Gasteiger partial charge is 0.221 e. The van der Waals surface area contributed by atoms with E-state index in [1.807, 2.05) is 32.0 Å². The summed E-state index contributed by atoms with van der Waals surface area (Å²) in [6.07, 6.45) is 1.38. The Kier molecular flexibility index (Phi) is 5.20. The van der Waals surface area contributed by atoms with Gasteiger partial charge in [-0.05, 0) is 25.5 Å². The van der Waals surface area contributed by atoms with Gasteiger partial charge in [0, 0.05) is 19.0 Å². The topological polar surface area (TPSA) is 54.0 Å². The fraction of sp³-hybridized carbons (Fsp3) is 0.429. The van der Waals surface area contributed by atoms with E-state index in [0.717, 1.165) is 21.8 Å². The van der Waals surface area contributed by atoms with E-state index in [1.165, 1.54) is 11.3 Å². The number of nitrogens with one attached hydrogen (secondary N) is 2. The summed E-state index contributed by atoms with van der Waals surface area (Å²) in [7, 11) is 0. The van der Waals surface area contributed by atoms with Gasteiger partial charge in [0.2, 0.25) is 5.91 Å². The Hall–Kier alpha value is -1.33. The number of benzene rings is 1. The van der Waals surface area contributed by atoms with E-state index in [9.17, 15) is 4.79 Å². The van der Waals surface area contributed by atoms with E-state index >= 15 is 0 Å². The number of carbonyl (C=O) groups is 1. The molecule has 6 heteroatoms. The normalized spacial score (nSPS) is 12.3. The van der Waals surface area contributed by atoms with Crippen LogP contribution in [-0.4, -0.2) is 23.5 Å². The third kappa shape index (κ3) is 3.84. The summed E-state index contributed by atoms with van der Waals surface area (Å²) in [6, 6.07) is 5.89. The van der Waals surface area contributed by atoms with E-state index in [1.54, 1.807) is 0 Å². The summed E-state index contributed by atoms with van der Waals surface area (Å²) in [5.74, 6) is 0.0611. The van der Waals surface area contributed by atoms with Crippen LogP contribution in [0.25, 0.3) is 10.2 Å². The molecule has 0 bridgehead atoms. The molecule has 0 aliphatic rings. The lowest BCUT2D eigenvalue weighted by atomic mass is 10.2. The zero-order chi connectivity index (χ0) is 14.5. The number of halogens is 1. The van der Waals surface area contributed by atoms with Crippen molar-refractivity contribution < 1.29 is 4.79 Å². The van der Waals surface area contributed by atoms with Crippen molar-refractivity contribution in [3.63, 3.8) is 0 Å². The first-order valence-corrected chi connectivity index (χ1v) is 7.88. The Balaban J connectivity index is 1.87. The number of hydrogen-bond acceptors (Lipinski definition) is 4. The van der Waals surface area contributed by atoms with E-state index in [2.05, 4.69) is 15.6 Å². The third-order valence-electron chi connectivity index (χ3n) is 3.01. The average molecular weight is 312 g/mol. The number of anilines is 1. The molecule has 2 aromatic rings. The van der Waals surface area contributed by atoms with Crippen LogP contribution in [0.1, 0.15) is 26.7 Å². The molecule has 4 nitrogen and oxygen atoms in total. The molecule has 0 radical (unpaired) electrons. The molecule has 108 valence electrons. The lowest BCUT2D eigenvalue weighted by molar-refractivity contribution is -0.121. The summed E-state index contributed by atoms with van der Waals surface area (Å²) in [5.41, 5.74) is 0.883. The van der Waals surface area contributed by atoms with Crippen molar-refractivity contribution >= 4 is 44.2 Å². The van der Waals surface area contributed by atoms with Gasteiger partial charge in [-0.15, -0.1) is 0 Å². The second kappa shape index (κ2) is 6.90. The van der Waals surface area contributed by atoms with E-state index in [-0.39, 0.29) is 11.9 Å². The fourth-order valence-electron chi connectivity index (χ4n) is 1.72. The molecular formula is C14H18ClN3OS. The van der Waals surface area contributed by atoms with Crippen molar-refractivity contribution in [2.75, 3.05) is 11.9 Å². The highest BCUT2D eigenvalue weighted by Gasteiger charge is 2.08. The molecule has 0 aliphatic heterocycles. The lowest BCUT2D eigenvalue weighted by Crippen LogP contribution is -2.32. The van der Waals surface area contributed by atoms with Crippen LogP contribution in [0, 0.1) is 0 Å². The zero-order valence-corrected chi connectivity index (χ0v) is 13.1. The van der Waals surface area contributed by atoms with Crippen LogP contribution < -0.4 is 10.6 Å². The van der Waals surface area contributed by atoms with Gasteiger partial charge in [-0.3, -0.25) is 4.79 Å². The molecule has 1 atom stereocenters. The first-order chi connectivity index (χ1) is 9.60. The van der Waals surface area contributed by atoms with Crippen LogP contribution in [0.2, 0.25) is 5.02 Å². The highest BCUT2D eigenvalue weighted by molar-refractivity contribution is 7.22. The molecular weight excluding hydrogens is 294 g/mol. The number of amides is 1. The van der Waals surface area contributed by atoms with Gasteiger partial charge in [-0.1, -0.05) is 35.9 Å². The summed E-state index contributed by atoms with van der Waals surface area (Å²) < 4.78 is 0.973. The van der Waals surface area contributed by atoms with Crippen molar-refractivity contribution in [2.24, 2.45) is 0 Å². The van der Waals surface area contributed by atoms with Gasteiger partial charge < -0.3 is 10.6 Å². The Bertz CT molecular complexity index is 599. The maximum atomic E-state index is 11.6. The minimum absolute atomic E-state index is 0.0611. The van der Waals surface area contributed by atoms with Crippen LogP contribution in [-0.2, 0) is 4.79 Å². The molecule has 0 fully saturated rings. The fourth-order valence-corrected chi connectivity index (χ4v) is 2.90. The van der Waals surface area contributed by atoms with Crippen LogP contribution in [0.4, 0.5) is 5.13 Å². The van der Waals surface area contributed by atoms with Gasteiger partial charge in [0.1, 0.15) is 0 Å². The predicted molar refractivity (Wildman–Crippen MR) is 85.6 cm³/mol. The SMILES string of the molecule is CCC(C)NC(=O)CCNc1nc2cccc(Cl)c2s1. The lowest BCUT2D eigenvalue weighted by Gasteiger charge is -2.11. The number of hydrogen-bond donors (Lipinski definition) is 2. The Morgan fingerprint density at radius 3 is 3.00 bits per heavy atom. The third-order valence-corrected chi connectivity index (χ3v) is 4.50. The van der Waals surface area contributed by atoms with Gasteiger partial charge in [0.25, 0.3) is 0 Å². The molecule has 0 aliphatic carbocycles. The molecule has 0 spiro atoms. The summed E-state index contributed by atoms with van der Waals surface area (Å²) >= 11 is 7.61. The van der Waals surface area contributed by atoms with Crippen LogP contribution in [0.3, 0.4) is 0 Å². The van der Waals surface area contributed by atoms with Crippen molar-refractivity contribution in [2.45, 2.75) is 32.7 Å². The molecule has 1 unspecified atom stereocenters. The van der Waals surface area contributed by atoms with Gasteiger partial charge in [0.05, 0.1) is 15.2 Å². The average Bonchev–Trinajstić information content (AvgIpc) is 2.83. The molecule has 1 aromatic carbocycles. The number of aromatic nitrogens is 1. The number of rotatable bonds is 6. The Morgan fingerprint density at radius 2 is 2.30 bits per heavy atom. The van der Waals surface area contributed by atoms with Gasteiger partial charge in [-0.25, -0.2) is 4.98 Å². The van der Waals surface area contributed by atoms with Gasteiger partial charge in [0.15, 0.2) is 5.13 Å². The first kappa shape index (κ1) is 15.1. The number of nitrogens with zero attached hydrogens (tertiary/aromatic N) is 1. The second-order valence-corrected chi connectivity index (χ2v) is 6.07. The molecule has 0 saturated heterocycles. The Morgan fingerprint density at radius 1 is 1.50 bits per heavy atom. The molecule has 1 heterocycles. The van der Waals surface area contributed by atoms with E-state index < -0.39 is 0 Å². The predicted octanol–water partition coefficient (Wildman–Crippen LogP) is 3.67. The van der Waals surface area contributed by atoms with Crippen molar-refractivity contribution in [1.29, 1.82) is 0 Å². The van der Waals surface area contributed by atoms with Crippen molar-refractivity contribution in [3.05, 3.63) is 23.2 Å².